The van der Waals surface area contributed by atoms with Gasteiger partial charge in [-0.1, -0.05) is 12.1 Å². The van der Waals surface area contributed by atoms with E-state index in [1.165, 1.54) is 12.1 Å². The average molecular weight is 263 g/mol. The van der Waals surface area contributed by atoms with Gasteiger partial charge in [-0.2, -0.15) is 0 Å². The predicted molar refractivity (Wildman–Crippen MR) is 71.4 cm³/mol. The van der Waals surface area contributed by atoms with Gasteiger partial charge in [0.15, 0.2) is 0 Å². The number of nitrogens with one attached hydrogen (secondary N) is 2. The second kappa shape index (κ2) is 7.01. The Balaban J connectivity index is 1.87. The SMILES string of the molecule is COCCNCc1cnc(Cc2cccc(F)c2)[nH]1. The van der Waals surface area contributed by atoms with Crippen molar-refractivity contribution in [1.29, 1.82) is 0 Å². The normalized spacial score (nSPS) is 10.8. The van der Waals surface area contributed by atoms with Crippen LogP contribution in [0.1, 0.15) is 17.1 Å². The minimum atomic E-state index is -0.217. The van der Waals surface area contributed by atoms with Gasteiger partial charge in [0.1, 0.15) is 11.6 Å². The fourth-order valence-electron chi connectivity index (χ4n) is 1.82. The van der Waals surface area contributed by atoms with Crippen molar-refractivity contribution in [2.45, 2.75) is 13.0 Å². The first-order valence-electron chi connectivity index (χ1n) is 6.25. The van der Waals surface area contributed by atoms with E-state index in [-0.39, 0.29) is 5.82 Å². The molecule has 0 fully saturated rings. The van der Waals surface area contributed by atoms with E-state index in [9.17, 15) is 4.39 Å². The van der Waals surface area contributed by atoms with Crippen LogP contribution in [0.15, 0.2) is 30.5 Å². The van der Waals surface area contributed by atoms with Crippen molar-refractivity contribution in [2.24, 2.45) is 0 Å². The zero-order chi connectivity index (χ0) is 13.5. The summed E-state index contributed by atoms with van der Waals surface area (Å²) in [7, 11) is 1.68. The maximum atomic E-state index is 13.1. The molecule has 19 heavy (non-hydrogen) atoms. The Morgan fingerprint density at radius 2 is 2.32 bits per heavy atom. The highest BCUT2D eigenvalue weighted by molar-refractivity contribution is 5.20. The van der Waals surface area contributed by atoms with Crippen molar-refractivity contribution < 1.29 is 9.13 Å². The summed E-state index contributed by atoms with van der Waals surface area (Å²) in [5.41, 5.74) is 1.93. The number of aromatic amines is 1. The molecule has 5 heteroatoms. The molecule has 1 heterocycles. The second-order valence-electron chi connectivity index (χ2n) is 4.33. The minimum Gasteiger partial charge on any atom is -0.383 e. The summed E-state index contributed by atoms with van der Waals surface area (Å²) in [6.45, 7) is 2.21. The lowest BCUT2D eigenvalue weighted by atomic mass is 10.1. The Morgan fingerprint density at radius 1 is 1.42 bits per heavy atom. The second-order valence-corrected chi connectivity index (χ2v) is 4.33. The Labute approximate surface area is 112 Å². The first-order chi connectivity index (χ1) is 9.28. The number of nitrogens with zero attached hydrogens (tertiary/aromatic N) is 1. The van der Waals surface area contributed by atoms with Crippen molar-refractivity contribution in [3.05, 3.63) is 53.4 Å². The molecule has 1 aromatic heterocycles. The lowest BCUT2D eigenvalue weighted by molar-refractivity contribution is 0.199. The maximum absolute atomic E-state index is 13.1. The minimum absolute atomic E-state index is 0.217. The number of benzene rings is 1. The third-order valence-electron chi connectivity index (χ3n) is 2.74. The summed E-state index contributed by atoms with van der Waals surface area (Å²) in [6.07, 6.45) is 2.41. The Morgan fingerprint density at radius 3 is 3.11 bits per heavy atom. The molecule has 2 aromatic rings. The summed E-state index contributed by atoms with van der Waals surface area (Å²) in [4.78, 5) is 7.51. The van der Waals surface area contributed by atoms with E-state index in [4.69, 9.17) is 4.74 Å². The van der Waals surface area contributed by atoms with Gasteiger partial charge in [0.25, 0.3) is 0 Å². The molecule has 4 nitrogen and oxygen atoms in total. The van der Waals surface area contributed by atoms with Crippen LogP contribution in [0.25, 0.3) is 0 Å². The van der Waals surface area contributed by atoms with Crippen LogP contribution in [0.4, 0.5) is 4.39 Å². The van der Waals surface area contributed by atoms with Gasteiger partial charge in [-0.05, 0) is 17.7 Å². The number of halogens is 1. The van der Waals surface area contributed by atoms with Gasteiger partial charge < -0.3 is 15.0 Å². The molecular formula is C14H18FN3O. The van der Waals surface area contributed by atoms with E-state index in [0.717, 1.165) is 30.2 Å². The first-order valence-corrected chi connectivity index (χ1v) is 6.25. The summed E-state index contributed by atoms with van der Waals surface area (Å²) < 4.78 is 18.0. The van der Waals surface area contributed by atoms with Crippen LogP contribution in [0, 0.1) is 5.82 Å². The van der Waals surface area contributed by atoms with E-state index >= 15 is 0 Å². The van der Waals surface area contributed by atoms with Gasteiger partial charge in [0, 0.05) is 38.5 Å². The highest BCUT2D eigenvalue weighted by atomic mass is 19.1. The summed E-state index contributed by atoms with van der Waals surface area (Å²) in [6, 6.07) is 6.57. The van der Waals surface area contributed by atoms with Crippen LogP contribution in [-0.4, -0.2) is 30.2 Å². The molecule has 0 aliphatic rings. The third kappa shape index (κ3) is 4.46. The summed E-state index contributed by atoms with van der Waals surface area (Å²) in [5, 5.41) is 3.23. The molecule has 2 N–H and O–H groups in total. The van der Waals surface area contributed by atoms with Crippen LogP contribution in [0.2, 0.25) is 0 Å². The lowest BCUT2D eigenvalue weighted by Gasteiger charge is -2.01. The van der Waals surface area contributed by atoms with Crippen molar-refractivity contribution in [3.8, 4) is 0 Å². The molecule has 0 amide bonds. The number of hydrogen-bond acceptors (Lipinski definition) is 3. The zero-order valence-electron chi connectivity index (χ0n) is 10.9. The molecule has 0 aliphatic carbocycles. The number of hydrogen-bond donors (Lipinski definition) is 2. The van der Waals surface area contributed by atoms with Crippen molar-refractivity contribution in [1.82, 2.24) is 15.3 Å². The monoisotopic (exact) mass is 263 g/mol. The lowest BCUT2D eigenvalue weighted by Crippen LogP contribution is -2.18. The Bertz CT molecular complexity index is 513. The summed E-state index contributed by atoms with van der Waals surface area (Å²) >= 11 is 0. The number of aromatic nitrogens is 2. The number of rotatable bonds is 7. The quantitative estimate of drug-likeness (QED) is 0.750. The van der Waals surface area contributed by atoms with Gasteiger partial charge in [-0.3, -0.25) is 0 Å². The maximum Gasteiger partial charge on any atom is 0.123 e. The highest BCUT2D eigenvalue weighted by Crippen LogP contribution is 2.08. The topological polar surface area (TPSA) is 49.9 Å². The van der Waals surface area contributed by atoms with Crippen molar-refractivity contribution >= 4 is 0 Å². The van der Waals surface area contributed by atoms with E-state index < -0.39 is 0 Å². The largest absolute Gasteiger partial charge is 0.383 e. The average Bonchev–Trinajstić information content (AvgIpc) is 2.82. The van der Waals surface area contributed by atoms with Gasteiger partial charge in [-0.25, -0.2) is 9.37 Å². The first kappa shape index (κ1) is 13.7. The van der Waals surface area contributed by atoms with E-state index in [1.54, 1.807) is 19.4 Å². The molecule has 0 bridgehead atoms. The summed E-state index contributed by atoms with van der Waals surface area (Å²) in [5.74, 6) is 0.625. The standard InChI is InChI=1S/C14H18FN3O/c1-19-6-5-16-9-13-10-17-14(18-13)8-11-3-2-4-12(15)7-11/h2-4,7,10,16H,5-6,8-9H2,1H3,(H,17,18). The van der Waals surface area contributed by atoms with Crippen molar-refractivity contribution in [2.75, 3.05) is 20.3 Å². The van der Waals surface area contributed by atoms with Crippen molar-refractivity contribution in [3.63, 3.8) is 0 Å². The van der Waals surface area contributed by atoms with E-state index in [0.29, 0.717) is 13.0 Å². The molecule has 1 aromatic carbocycles. The molecular weight excluding hydrogens is 245 g/mol. The predicted octanol–water partition coefficient (Wildman–Crippen LogP) is 1.88. The van der Waals surface area contributed by atoms with Crippen LogP contribution in [0.5, 0.6) is 0 Å². The smallest absolute Gasteiger partial charge is 0.123 e. The molecule has 0 saturated carbocycles. The fraction of sp³-hybridized carbons (Fsp3) is 0.357. The third-order valence-corrected chi connectivity index (χ3v) is 2.74. The van der Waals surface area contributed by atoms with Crippen LogP contribution < -0.4 is 5.32 Å². The fourth-order valence-corrected chi connectivity index (χ4v) is 1.82. The van der Waals surface area contributed by atoms with Gasteiger partial charge in [0.2, 0.25) is 0 Å². The van der Waals surface area contributed by atoms with Crippen LogP contribution in [0.3, 0.4) is 0 Å². The molecule has 2 rings (SSSR count). The molecule has 0 spiro atoms. The van der Waals surface area contributed by atoms with Gasteiger partial charge >= 0.3 is 0 Å². The number of methoxy groups -OCH3 is 1. The molecule has 0 aliphatic heterocycles. The molecule has 0 atom stereocenters. The number of ether oxygens (including phenoxy) is 1. The molecule has 0 unspecified atom stereocenters. The van der Waals surface area contributed by atoms with Gasteiger partial charge in [0.05, 0.1) is 6.61 Å². The van der Waals surface area contributed by atoms with Crippen LogP contribution >= 0.6 is 0 Å². The van der Waals surface area contributed by atoms with E-state index in [2.05, 4.69) is 15.3 Å². The highest BCUT2D eigenvalue weighted by Gasteiger charge is 2.03. The number of H-pyrrole nitrogens is 1. The number of imidazole rings is 1. The molecule has 0 radical (unpaired) electrons. The Kier molecular flexibility index (Phi) is 5.06. The Hall–Kier alpha value is -1.72. The van der Waals surface area contributed by atoms with E-state index in [1.807, 2.05) is 6.07 Å². The van der Waals surface area contributed by atoms with Gasteiger partial charge in [-0.15, -0.1) is 0 Å². The zero-order valence-corrected chi connectivity index (χ0v) is 10.9. The van der Waals surface area contributed by atoms with Crippen LogP contribution in [-0.2, 0) is 17.7 Å². The molecule has 0 saturated heterocycles. The molecule has 102 valence electrons.